The lowest BCUT2D eigenvalue weighted by Crippen LogP contribution is -2.34. The minimum absolute atomic E-state index is 0.0962. The predicted molar refractivity (Wildman–Crippen MR) is 119 cm³/mol. The summed E-state index contributed by atoms with van der Waals surface area (Å²) in [6, 6.07) is 0. The molecular formula is C25H41NO3. The second-order valence-corrected chi connectivity index (χ2v) is 9.47. The molecule has 0 aromatic carbocycles. The van der Waals surface area contributed by atoms with Gasteiger partial charge in [-0.3, -0.25) is 9.59 Å². The first-order valence-corrected chi connectivity index (χ1v) is 11.6. The first kappa shape index (κ1) is 23.9. The maximum Gasteiger partial charge on any atom is 0.311 e. The normalized spacial score (nSPS) is 30.4. The van der Waals surface area contributed by atoms with Crippen molar-refractivity contribution < 1.29 is 14.3 Å². The predicted octanol–water partition coefficient (Wildman–Crippen LogP) is 5.33. The van der Waals surface area contributed by atoms with E-state index >= 15 is 0 Å². The van der Waals surface area contributed by atoms with Crippen LogP contribution in [0, 0.1) is 17.3 Å². The number of piperidine rings is 1. The lowest BCUT2D eigenvalue weighted by Gasteiger charge is -2.32. The van der Waals surface area contributed by atoms with Gasteiger partial charge in [-0.15, -0.1) is 0 Å². The third-order valence-electron chi connectivity index (χ3n) is 6.91. The van der Waals surface area contributed by atoms with Gasteiger partial charge >= 0.3 is 5.97 Å². The van der Waals surface area contributed by atoms with Crippen LogP contribution in [0.3, 0.4) is 0 Å². The summed E-state index contributed by atoms with van der Waals surface area (Å²) >= 11 is 0. The molecule has 0 aromatic heterocycles. The van der Waals surface area contributed by atoms with Crippen LogP contribution in [-0.2, 0) is 14.3 Å². The van der Waals surface area contributed by atoms with E-state index < -0.39 is 5.41 Å². The molecule has 0 spiro atoms. The molecule has 2 unspecified atom stereocenters. The van der Waals surface area contributed by atoms with Crippen LogP contribution in [-0.4, -0.2) is 42.9 Å². The molecule has 2 aliphatic heterocycles. The van der Waals surface area contributed by atoms with E-state index in [1.54, 1.807) is 6.08 Å². The molecular weight excluding hydrogens is 362 g/mol. The molecule has 1 saturated heterocycles. The van der Waals surface area contributed by atoms with Crippen molar-refractivity contribution in [1.29, 1.82) is 0 Å². The van der Waals surface area contributed by atoms with Crippen LogP contribution in [0.25, 0.3) is 0 Å². The van der Waals surface area contributed by atoms with Crippen molar-refractivity contribution in [2.45, 2.75) is 78.6 Å². The Morgan fingerprint density at radius 1 is 1.07 bits per heavy atom. The van der Waals surface area contributed by atoms with Crippen LogP contribution in [0.1, 0.15) is 78.6 Å². The number of ether oxygens (including phenoxy) is 1. The minimum atomic E-state index is -0.478. The Labute approximate surface area is 177 Å². The second kappa shape index (κ2) is 12.3. The van der Waals surface area contributed by atoms with Gasteiger partial charge in [-0.25, -0.2) is 0 Å². The molecule has 29 heavy (non-hydrogen) atoms. The number of likely N-dealkylation sites (tertiary alicyclic amines) is 1. The maximum atomic E-state index is 12.6. The highest BCUT2D eigenvalue weighted by molar-refractivity contribution is 5.89. The number of carbonyl (C=O) groups is 2. The molecule has 0 saturated carbocycles. The number of carbonyl (C=O) groups excluding carboxylic acids is 2. The van der Waals surface area contributed by atoms with E-state index in [2.05, 4.69) is 11.8 Å². The Balaban J connectivity index is 2.01. The maximum absolute atomic E-state index is 12.6. The van der Waals surface area contributed by atoms with Gasteiger partial charge in [-0.2, -0.15) is 0 Å². The number of hydrogen-bond donors (Lipinski definition) is 0. The summed E-state index contributed by atoms with van der Waals surface area (Å²) in [5.41, 5.74) is -0.478. The quantitative estimate of drug-likeness (QED) is 0.598. The van der Waals surface area contributed by atoms with Crippen LogP contribution < -0.4 is 0 Å². The summed E-state index contributed by atoms with van der Waals surface area (Å²) in [5.74, 6) is 0.907. The Morgan fingerprint density at radius 2 is 1.83 bits per heavy atom. The molecule has 4 nitrogen and oxygen atoms in total. The van der Waals surface area contributed by atoms with Crippen molar-refractivity contribution in [3.8, 4) is 0 Å². The molecule has 0 amide bonds. The van der Waals surface area contributed by atoms with Crippen molar-refractivity contribution in [3.63, 3.8) is 0 Å². The number of rotatable bonds is 3. The second-order valence-electron chi connectivity index (χ2n) is 9.47. The van der Waals surface area contributed by atoms with Gasteiger partial charge in [-0.05, 0) is 89.9 Å². The van der Waals surface area contributed by atoms with E-state index in [4.69, 9.17) is 4.74 Å². The monoisotopic (exact) mass is 403 g/mol. The first-order valence-electron chi connectivity index (χ1n) is 11.6. The topological polar surface area (TPSA) is 46.6 Å². The molecule has 2 heterocycles. The number of nitrogens with zero attached hydrogens (tertiary/aromatic N) is 1. The molecule has 2 aliphatic rings. The fraction of sp³-hybridized carbons (Fsp3) is 0.760. The van der Waals surface area contributed by atoms with Crippen LogP contribution in [0.15, 0.2) is 24.3 Å². The molecule has 0 radical (unpaired) electrons. The molecule has 0 bridgehead atoms. The van der Waals surface area contributed by atoms with E-state index in [-0.39, 0.29) is 17.7 Å². The fourth-order valence-corrected chi connectivity index (χ4v) is 4.20. The zero-order valence-corrected chi connectivity index (χ0v) is 18.8. The zero-order valence-electron chi connectivity index (χ0n) is 18.8. The smallest absolute Gasteiger partial charge is 0.311 e. The van der Waals surface area contributed by atoms with Crippen molar-refractivity contribution in [3.05, 3.63) is 24.3 Å². The number of cyclic esters (lactones) is 1. The third-order valence-corrected chi connectivity index (χ3v) is 6.91. The fourth-order valence-electron chi connectivity index (χ4n) is 4.20. The number of ketones is 1. The number of allylic oxidation sites excluding steroid dienone is 3. The van der Waals surface area contributed by atoms with Gasteiger partial charge in [0.25, 0.3) is 0 Å². The van der Waals surface area contributed by atoms with Crippen molar-refractivity contribution in [2.24, 2.45) is 17.3 Å². The third kappa shape index (κ3) is 8.46. The van der Waals surface area contributed by atoms with E-state index in [0.29, 0.717) is 25.4 Å². The summed E-state index contributed by atoms with van der Waals surface area (Å²) in [6.45, 7) is 10.1. The summed E-state index contributed by atoms with van der Waals surface area (Å²) in [7, 11) is 0. The average Bonchev–Trinajstić information content (AvgIpc) is 2.72. The van der Waals surface area contributed by atoms with Gasteiger partial charge in [0.2, 0.25) is 0 Å². The van der Waals surface area contributed by atoms with Crippen LogP contribution in [0.2, 0.25) is 0 Å². The molecule has 0 N–H and O–H groups in total. The van der Waals surface area contributed by atoms with Gasteiger partial charge in [-0.1, -0.05) is 38.0 Å². The van der Waals surface area contributed by atoms with E-state index in [9.17, 15) is 9.59 Å². The van der Waals surface area contributed by atoms with E-state index in [1.165, 1.54) is 32.4 Å². The first-order chi connectivity index (χ1) is 13.9. The van der Waals surface area contributed by atoms with E-state index in [1.807, 2.05) is 32.1 Å². The molecule has 2 atom stereocenters. The van der Waals surface area contributed by atoms with Gasteiger partial charge < -0.3 is 9.64 Å². The lowest BCUT2D eigenvalue weighted by molar-refractivity contribution is -0.156. The number of esters is 1. The summed E-state index contributed by atoms with van der Waals surface area (Å²) in [5, 5.41) is 0. The van der Waals surface area contributed by atoms with Crippen LogP contribution in [0.4, 0.5) is 0 Å². The Bertz CT molecular complexity index is 573. The highest BCUT2D eigenvalue weighted by Crippen LogP contribution is 2.34. The van der Waals surface area contributed by atoms with Crippen molar-refractivity contribution in [2.75, 3.05) is 26.2 Å². The van der Waals surface area contributed by atoms with Gasteiger partial charge in [0, 0.05) is 6.42 Å². The molecule has 2 rings (SSSR count). The Hall–Kier alpha value is -1.42. The Morgan fingerprint density at radius 3 is 2.59 bits per heavy atom. The SMILES string of the molecule is CC1CCC(CCN2CCCCC2)CCC(=O)/C=C\C=C/CCOC(=O)C1(C)C. The number of hydrogen-bond acceptors (Lipinski definition) is 4. The molecule has 4 heteroatoms. The van der Waals surface area contributed by atoms with Crippen LogP contribution >= 0.6 is 0 Å². The summed E-state index contributed by atoms with van der Waals surface area (Å²) in [6.07, 6.45) is 16.8. The zero-order chi connectivity index (χ0) is 21.1. The van der Waals surface area contributed by atoms with E-state index in [0.717, 1.165) is 32.2 Å². The van der Waals surface area contributed by atoms with Gasteiger partial charge in [0.05, 0.1) is 12.0 Å². The average molecular weight is 404 g/mol. The highest BCUT2D eigenvalue weighted by Gasteiger charge is 2.35. The molecule has 1 fully saturated rings. The molecule has 0 aliphatic carbocycles. The largest absolute Gasteiger partial charge is 0.465 e. The van der Waals surface area contributed by atoms with Crippen molar-refractivity contribution in [1.82, 2.24) is 4.90 Å². The molecule has 164 valence electrons. The van der Waals surface area contributed by atoms with Crippen LogP contribution in [0.5, 0.6) is 0 Å². The Kier molecular flexibility index (Phi) is 10.1. The van der Waals surface area contributed by atoms with Crippen molar-refractivity contribution >= 4 is 11.8 Å². The van der Waals surface area contributed by atoms with Gasteiger partial charge in [0.15, 0.2) is 5.78 Å². The highest BCUT2D eigenvalue weighted by atomic mass is 16.5. The standard InChI is InChI=1S/C25H41NO3/c1-21-12-13-22(16-19-26-17-8-6-9-18-26)14-15-23(27)11-7-4-5-10-20-29-24(28)25(21,2)3/h4-5,7,11,21-22H,6,8-10,12-20H2,1-3H3/b5-4-,11-7-. The minimum Gasteiger partial charge on any atom is -0.465 e. The summed E-state index contributed by atoms with van der Waals surface area (Å²) < 4.78 is 5.52. The summed E-state index contributed by atoms with van der Waals surface area (Å²) in [4.78, 5) is 27.4. The lowest BCUT2D eigenvalue weighted by atomic mass is 9.76. The molecule has 0 aromatic rings. The van der Waals surface area contributed by atoms with Gasteiger partial charge in [0.1, 0.15) is 0 Å².